The fraction of sp³-hybridized carbons (Fsp3) is 0.917. The first-order valence-corrected chi connectivity index (χ1v) is 6.21. The molecule has 1 aliphatic heterocycles. The van der Waals surface area contributed by atoms with Gasteiger partial charge in [0.2, 0.25) is 5.91 Å². The molecular weight excluding hydrogens is 204 g/mol. The van der Waals surface area contributed by atoms with E-state index in [4.69, 9.17) is 4.74 Å². The van der Waals surface area contributed by atoms with Gasteiger partial charge in [-0.25, -0.2) is 0 Å². The summed E-state index contributed by atoms with van der Waals surface area (Å²) >= 11 is 0. The highest BCUT2D eigenvalue weighted by molar-refractivity contribution is 5.78. The van der Waals surface area contributed by atoms with E-state index in [2.05, 4.69) is 18.7 Å². The second-order valence-electron chi connectivity index (χ2n) is 4.49. The summed E-state index contributed by atoms with van der Waals surface area (Å²) in [5, 5.41) is 0. The van der Waals surface area contributed by atoms with Crippen molar-refractivity contribution in [1.29, 1.82) is 0 Å². The van der Waals surface area contributed by atoms with Crippen molar-refractivity contribution in [2.75, 3.05) is 32.8 Å². The Hall–Kier alpha value is -0.610. The minimum absolute atomic E-state index is 0.228. The van der Waals surface area contributed by atoms with Gasteiger partial charge in [-0.3, -0.25) is 9.69 Å². The van der Waals surface area contributed by atoms with E-state index < -0.39 is 0 Å². The number of likely N-dealkylation sites (N-methyl/N-ethyl adjacent to an activating group) is 1. The lowest BCUT2D eigenvalue weighted by molar-refractivity contribution is -0.135. The lowest BCUT2D eigenvalue weighted by Gasteiger charge is -2.37. The van der Waals surface area contributed by atoms with Crippen LogP contribution in [0.3, 0.4) is 0 Å². The number of hydrogen-bond donors (Lipinski definition) is 0. The van der Waals surface area contributed by atoms with Crippen LogP contribution in [-0.2, 0) is 9.53 Å². The molecule has 1 saturated heterocycles. The Labute approximate surface area is 98.5 Å². The van der Waals surface area contributed by atoms with E-state index in [1.54, 1.807) is 0 Å². The highest BCUT2D eigenvalue weighted by atomic mass is 16.5. The summed E-state index contributed by atoms with van der Waals surface area (Å²) in [6, 6.07) is 0.343. The summed E-state index contributed by atoms with van der Waals surface area (Å²) < 4.78 is 5.55. The lowest BCUT2D eigenvalue weighted by atomic mass is 10.2. The van der Waals surface area contributed by atoms with Gasteiger partial charge in [0.05, 0.1) is 19.3 Å². The van der Waals surface area contributed by atoms with Gasteiger partial charge in [0.25, 0.3) is 0 Å². The fourth-order valence-electron chi connectivity index (χ4n) is 2.04. The molecule has 2 atom stereocenters. The van der Waals surface area contributed by atoms with Crippen molar-refractivity contribution in [3.05, 3.63) is 0 Å². The second kappa shape index (κ2) is 6.21. The summed E-state index contributed by atoms with van der Waals surface area (Å²) in [5.74, 6) is 0.228. The number of ether oxygens (including phenoxy) is 1. The first-order chi connectivity index (χ1) is 7.58. The molecule has 1 fully saturated rings. The van der Waals surface area contributed by atoms with Crippen LogP contribution in [0.2, 0.25) is 0 Å². The molecule has 0 radical (unpaired) electrons. The number of amides is 1. The first-order valence-electron chi connectivity index (χ1n) is 6.21. The van der Waals surface area contributed by atoms with Gasteiger partial charge in [0.15, 0.2) is 0 Å². The summed E-state index contributed by atoms with van der Waals surface area (Å²) in [4.78, 5) is 16.1. The molecule has 94 valence electrons. The van der Waals surface area contributed by atoms with E-state index in [0.29, 0.717) is 12.6 Å². The Balaban J connectivity index is 2.48. The van der Waals surface area contributed by atoms with Crippen molar-refractivity contribution >= 4 is 5.91 Å². The third-order valence-electron chi connectivity index (χ3n) is 3.19. The van der Waals surface area contributed by atoms with Crippen LogP contribution in [0.15, 0.2) is 0 Å². The number of nitrogens with zero attached hydrogens (tertiary/aromatic N) is 2. The number of hydrogen-bond acceptors (Lipinski definition) is 3. The van der Waals surface area contributed by atoms with Crippen molar-refractivity contribution in [2.24, 2.45) is 0 Å². The van der Waals surface area contributed by atoms with Gasteiger partial charge in [0.1, 0.15) is 0 Å². The predicted molar refractivity (Wildman–Crippen MR) is 64.4 cm³/mol. The van der Waals surface area contributed by atoms with E-state index in [0.717, 1.165) is 26.2 Å². The summed E-state index contributed by atoms with van der Waals surface area (Å²) in [6.45, 7) is 11.9. The number of carbonyl (C=O) groups excluding carboxylic acids is 1. The van der Waals surface area contributed by atoms with E-state index in [-0.39, 0.29) is 12.0 Å². The van der Waals surface area contributed by atoms with E-state index >= 15 is 0 Å². The Morgan fingerprint density at radius 2 is 2.00 bits per heavy atom. The molecule has 0 aromatic rings. The predicted octanol–water partition coefficient (Wildman–Crippen LogP) is 0.964. The van der Waals surface area contributed by atoms with Crippen LogP contribution in [0.1, 0.15) is 27.7 Å². The van der Waals surface area contributed by atoms with Gasteiger partial charge in [-0.1, -0.05) is 0 Å². The Morgan fingerprint density at radius 1 is 1.38 bits per heavy atom. The van der Waals surface area contributed by atoms with Gasteiger partial charge < -0.3 is 9.64 Å². The summed E-state index contributed by atoms with van der Waals surface area (Å²) in [7, 11) is 0. The number of rotatable bonds is 4. The van der Waals surface area contributed by atoms with Crippen LogP contribution in [0.25, 0.3) is 0 Å². The first kappa shape index (κ1) is 13.5. The zero-order chi connectivity index (χ0) is 12.1. The molecular formula is C12H24N2O2. The third kappa shape index (κ3) is 3.46. The molecule has 0 saturated carbocycles. The zero-order valence-corrected chi connectivity index (χ0v) is 10.9. The van der Waals surface area contributed by atoms with E-state index in [9.17, 15) is 4.79 Å². The molecule has 16 heavy (non-hydrogen) atoms. The van der Waals surface area contributed by atoms with Crippen molar-refractivity contribution < 1.29 is 9.53 Å². The molecule has 1 heterocycles. The Kier molecular flexibility index (Phi) is 5.22. The van der Waals surface area contributed by atoms with E-state index in [1.807, 2.05) is 18.7 Å². The quantitative estimate of drug-likeness (QED) is 0.718. The normalized spacial score (nSPS) is 26.8. The molecule has 0 N–H and O–H groups in total. The van der Waals surface area contributed by atoms with Crippen LogP contribution in [0.5, 0.6) is 0 Å². The summed E-state index contributed by atoms with van der Waals surface area (Å²) in [6.07, 6.45) is 0.237. The maximum atomic E-state index is 12.0. The van der Waals surface area contributed by atoms with Gasteiger partial charge in [-0.05, 0) is 27.7 Å². The fourth-order valence-corrected chi connectivity index (χ4v) is 2.04. The molecule has 0 unspecified atom stereocenters. The van der Waals surface area contributed by atoms with Gasteiger partial charge in [-0.15, -0.1) is 0 Å². The van der Waals surface area contributed by atoms with E-state index in [1.165, 1.54) is 0 Å². The highest BCUT2D eigenvalue weighted by Gasteiger charge is 2.26. The minimum Gasteiger partial charge on any atom is -0.376 e. The number of morpholine rings is 1. The molecule has 0 aromatic heterocycles. The third-order valence-corrected chi connectivity index (χ3v) is 3.19. The highest BCUT2D eigenvalue weighted by Crippen LogP contribution is 2.11. The lowest BCUT2D eigenvalue weighted by Crippen LogP contribution is -2.51. The number of carbonyl (C=O) groups is 1. The van der Waals surface area contributed by atoms with Gasteiger partial charge >= 0.3 is 0 Å². The van der Waals surface area contributed by atoms with Crippen molar-refractivity contribution in [2.45, 2.75) is 39.8 Å². The molecule has 4 heteroatoms. The SMILES string of the molecule is CCN(CC)C(=O)CN1C[C@H](C)OC[C@@H]1C. The second-order valence-corrected chi connectivity index (χ2v) is 4.49. The minimum atomic E-state index is 0.228. The molecule has 1 rings (SSSR count). The van der Waals surface area contributed by atoms with Crippen LogP contribution < -0.4 is 0 Å². The summed E-state index contributed by atoms with van der Waals surface area (Å²) in [5.41, 5.74) is 0. The van der Waals surface area contributed by atoms with Crippen LogP contribution >= 0.6 is 0 Å². The van der Waals surface area contributed by atoms with Gasteiger partial charge in [-0.2, -0.15) is 0 Å². The molecule has 0 bridgehead atoms. The average Bonchev–Trinajstić information content (AvgIpc) is 2.25. The Bertz CT molecular complexity index is 229. The maximum Gasteiger partial charge on any atom is 0.236 e. The van der Waals surface area contributed by atoms with Crippen LogP contribution in [0.4, 0.5) is 0 Å². The van der Waals surface area contributed by atoms with Gasteiger partial charge in [0, 0.05) is 25.7 Å². The van der Waals surface area contributed by atoms with Crippen molar-refractivity contribution in [1.82, 2.24) is 9.80 Å². The van der Waals surface area contributed by atoms with Crippen LogP contribution in [0, 0.1) is 0 Å². The molecule has 0 aromatic carbocycles. The zero-order valence-electron chi connectivity index (χ0n) is 10.9. The molecule has 4 nitrogen and oxygen atoms in total. The molecule has 1 aliphatic rings. The largest absolute Gasteiger partial charge is 0.376 e. The van der Waals surface area contributed by atoms with Crippen LogP contribution in [-0.4, -0.2) is 60.6 Å². The van der Waals surface area contributed by atoms with Crippen molar-refractivity contribution in [3.8, 4) is 0 Å². The topological polar surface area (TPSA) is 32.8 Å². The Morgan fingerprint density at radius 3 is 2.56 bits per heavy atom. The maximum absolute atomic E-state index is 12.0. The van der Waals surface area contributed by atoms with Crippen molar-refractivity contribution in [3.63, 3.8) is 0 Å². The smallest absolute Gasteiger partial charge is 0.236 e. The average molecular weight is 228 g/mol. The monoisotopic (exact) mass is 228 g/mol. The molecule has 0 spiro atoms. The molecule has 0 aliphatic carbocycles. The molecule has 1 amide bonds. The standard InChI is InChI=1S/C12H24N2O2/c1-5-13(6-2)12(15)8-14-7-11(4)16-9-10(14)3/h10-11H,5-9H2,1-4H3/t10-,11-/m0/s1.